The van der Waals surface area contributed by atoms with E-state index < -0.39 is 11.9 Å². The Hall–Kier alpha value is -1.89. The summed E-state index contributed by atoms with van der Waals surface area (Å²) in [6.45, 7) is -0.0848. The highest BCUT2D eigenvalue weighted by Gasteiger charge is 2.36. The van der Waals surface area contributed by atoms with Gasteiger partial charge in [0.25, 0.3) is 0 Å². The summed E-state index contributed by atoms with van der Waals surface area (Å²) in [4.78, 5) is 37.6. The molecule has 0 bridgehead atoms. The summed E-state index contributed by atoms with van der Waals surface area (Å²) in [6, 6.07) is 7.29. The van der Waals surface area contributed by atoms with Gasteiger partial charge in [0.1, 0.15) is 6.54 Å². The molecule has 1 aromatic carbocycles. The molecule has 0 spiro atoms. The second-order valence-electron chi connectivity index (χ2n) is 4.97. The van der Waals surface area contributed by atoms with E-state index in [9.17, 15) is 14.4 Å². The number of anilines is 1. The van der Waals surface area contributed by atoms with Crippen molar-refractivity contribution in [3.05, 3.63) is 28.7 Å². The zero-order valence-corrected chi connectivity index (χ0v) is 13.0. The number of carboxylic acids is 1. The SMILES string of the molecule is CN(CC(=O)O)C(=O)C1CC(=O)N(c2cccc(Br)c2)C1. The molecule has 1 aromatic rings. The number of carboxylic acid groups (broad SMARTS) is 1. The van der Waals surface area contributed by atoms with Crippen molar-refractivity contribution >= 4 is 39.4 Å². The van der Waals surface area contributed by atoms with Crippen LogP contribution in [0, 0.1) is 5.92 Å². The fourth-order valence-corrected chi connectivity index (χ4v) is 2.75. The second kappa shape index (κ2) is 6.26. The van der Waals surface area contributed by atoms with Crippen LogP contribution in [-0.4, -0.2) is 47.9 Å². The van der Waals surface area contributed by atoms with Gasteiger partial charge in [-0.3, -0.25) is 14.4 Å². The topological polar surface area (TPSA) is 77.9 Å². The first kappa shape index (κ1) is 15.5. The molecule has 0 aromatic heterocycles. The van der Waals surface area contributed by atoms with E-state index in [4.69, 9.17) is 5.11 Å². The molecule has 2 rings (SSSR count). The number of likely N-dealkylation sites (N-methyl/N-ethyl adjacent to an activating group) is 1. The predicted molar refractivity (Wildman–Crippen MR) is 79.9 cm³/mol. The van der Waals surface area contributed by atoms with Gasteiger partial charge in [0.15, 0.2) is 0 Å². The quantitative estimate of drug-likeness (QED) is 0.884. The number of carbonyl (C=O) groups excluding carboxylic acids is 2. The van der Waals surface area contributed by atoms with E-state index in [1.54, 1.807) is 11.0 Å². The third kappa shape index (κ3) is 3.60. The van der Waals surface area contributed by atoms with Crippen LogP contribution in [0.4, 0.5) is 5.69 Å². The molecule has 0 aliphatic carbocycles. The second-order valence-corrected chi connectivity index (χ2v) is 5.89. The van der Waals surface area contributed by atoms with Gasteiger partial charge >= 0.3 is 5.97 Å². The molecule has 2 amide bonds. The monoisotopic (exact) mass is 354 g/mol. The molecule has 0 radical (unpaired) electrons. The summed E-state index contributed by atoms with van der Waals surface area (Å²) in [5.41, 5.74) is 0.727. The summed E-state index contributed by atoms with van der Waals surface area (Å²) >= 11 is 3.35. The normalized spacial score (nSPS) is 17.9. The molecule has 1 aliphatic heterocycles. The molecular weight excluding hydrogens is 340 g/mol. The van der Waals surface area contributed by atoms with E-state index in [1.807, 2.05) is 18.2 Å². The standard InChI is InChI=1S/C14H15BrN2O4/c1-16(8-13(19)20)14(21)9-5-12(18)17(7-9)11-4-2-3-10(15)6-11/h2-4,6,9H,5,7-8H2,1H3,(H,19,20). The van der Waals surface area contributed by atoms with Crippen molar-refractivity contribution in [1.82, 2.24) is 4.90 Å². The predicted octanol–water partition coefficient (Wildman–Crippen LogP) is 1.34. The summed E-state index contributed by atoms with van der Waals surface area (Å²) < 4.78 is 0.852. The fraction of sp³-hybridized carbons (Fsp3) is 0.357. The van der Waals surface area contributed by atoms with E-state index in [2.05, 4.69) is 15.9 Å². The number of amides is 2. The van der Waals surface area contributed by atoms with Crippen LogP contribution in [0.15, 0.2) is 28.7 Å². The van der Waals surface area contributed by atoms with Crippen molar-refractivity contribution in [1.29, 1.82) is 0 Å². The molecule has 7 heteroatoms. The lowest BCUT2D eigenvalue weighted by molar-refractivity contribution is -0.145. The number of rotatable bonds is 4. The van der Waals surface area contributed by atoms with Gasteiger partial charge in [-0.2, -0.15) is 0 Å². The molecule has 112 valence electrons. The van der Waals surface area contributed by atoms with Crippen LogP contribution in [-0.2, 0) is 14.4 Å². The van der Waals surface area contributed by atoms with E-state index in [1.165, 1.54) is 7.05 Å². The molecule has 1 atom stereocenters. The summed E-state index contributed by atoms with van der Waals surface area (Å²) in [6.07, 6.45) is 0.106. The number of hydrogen-bond acceptors (Lipinski definition) is 3. The van der Waals surface area contributed by atoms with Crippen LogP contribution in [0.2, 0.25) is 0 Å². The minimum atomic E-state index is -1.07. The number of aliphatic carboxylic acids is 1. The molecule has 0 saturated carbocycles. The highest BCUT2D eigenvalue weighted by Crippen LogP contribution is 2.28. The number of nitrogens with zero attached hydrogens (tertiary/aromatic N) is 2. The van der Waals surface area contributed by atoms with Gasteiger partial charge in [-0.1, -0.05) is 22.0 Å². The molecule has 6 nitrogen and oxygen atoms in total. The molecule has 1 fully saturated rings. The first-order chi connectivity index (χ1) is 9.88. The average Bonchev–Trinajstić information content (AvgIpc) is 2.79. The van der Waals surface area contributed by atoms with Gasteiger partial charge in [0.05, 0.1) is 5.92 Å². The highest BCUT2D eigenvalue weighted by atomic mass is 79.9. The number of halogens is 1. The van der Waals surface area contributed by atoms with Crippen LogP contribution in [0.25, 0.3) is 0 Å². The summed E-state index contributed by atoms with van der Waals surface area (Å²) in [7, 11) is 1.43. The first-order valence-electron chi connectivity index (χ1n) is 6.41. The lowest BCUT2D eigenvalue weighted by atomic mass is 10.1. The van der Waals surface area contributed by atoms with Gasteiger partial charge in [-0.25, -0.2) is 0 Å². The lowest BCUT2D eigenvalue weighted by Crippen LogP contribution is -2.37. The Kier molecular flexibility index (Phi) is 4.62. The Bertz CT molecular complexity index is 590. The lowest BCUT2D eigenvalue weighted by Gasteiger charge is -2.20. The maximum absolute atomic E-state index is 12.1. The summed E-state index contributed by atoms with van der Waals surface area (Å²) in [5.74, 6) is -2.02. The van der Waals surface area contributed by atoms with Crippen molar-refractivity contribution in [3.8, 4) is 0 Å². The van der Waals surface area contributed by atoms with E-state index in [-0.39, 0.29) is 31.3 Å². The van der Waals surface area contributed by atoms with Gasteiger partial charge in [-0.05, 0) is 18.2 Å². The Balaban J connectivity index is 2.09. The third-order valence-electron chi connectivity index (χ3n) is 3.34. The summed E-state index contributed by atoms with van der Waals surface area (Å²) in [5, 5.41) is 8.71. The van der Waals surface area contributed by atoms with Crippen molar-refractivity contribution in [2.75, 3.05) is 25.0 Å². The Morgan fingerprint density at radius 1 is 1.48 bits per heavy atom. The average molecular weight is 355 g/mol. The van der Waals surface area contributed by atoms with Gasteiger partial charge in [0.2, 0.25) is 11.8 Å². The molecule has 1 heterocycles. The maximum atomic E-state index is 12.1. The van der Waals surface area contributed by atoms with Crippen LogP contribution in [0.1, 0.15) is 6.42 Å². The molecule has 1 N–H and O–H groups in total. The Morgan fingerprint density at radius 2 is 2.19 bits per heavy atom. The smallest absolute Gasteiger partial charge is 0.323 e. The highest BCUT2D eigenvalue weighted by molar-refractivity contribution is 9.10. The third-order valence-corrected chi connectivity index (χ3v) is 3.84. The van der Waals surface area contributed by atoms with Gasteiger partial charge < -0.3 is 14.9 Å². The van der Waals surface area contributed by atoms with E-state index in [0.717, 1.165) is 15.1 Å². The van der Waals surface area contributed by atoms with Gasteiger partial charge in [-0.15, -0.1) is 0 Å². The molecular formula is C14H15BrN2O4. The Labute approximate surface area is 130 Å². The van der Waals surface area contributed by atoms with Crippen molar-refractivity contribution < 1.29 is 19.5 Å². The molecule has 1 aliphatic rings. The van der Waals surface area contributed by atoms with E-state index in [0.29, 0.717) is 0 Å². The van der Waals surface area contributed by atoms with Crippen LogP contribution >= 0.6 is 15.9 Å². The van der Waals surface area contributed by atoms with Crippen LogP contribution in [0.5, 0.6) is 0 Å². The zero-order chi connectivity index (χ0) is 15.6. The fourth-order valence-electron chi connectivity index (χ4n) is 2.36. The van der Waals surface area contributed by atoms with Gasteiger partial charge in [0, 0.05) is 30.2 Å². The minimum absolute atomic E-state index is 0.106. The van der Waals surface area contributed by atoms with E-state index >= 15 is 0 Å². The molecule has 21 heavy (non-hydrogen) atoms. The molecule has 1 unspecified atom stereocenters. The van der Waals surface area contributed by atoms with Crippen molar-refractivity contribution in [2.45, 2.75) is 6.42 Å². The van der Waals surface area contributed by atoms with Crippen molar-refractivity contribution in [2.24, 2.45) is 5.92 Å². The Morgan fingerprint density at radius 3 is 2.81 bits per heavy atom. The minimum Gasteiger partial charge on any atom is -0.480 e. The van der Waals surface area contributed by atoms with Crippen LogP contribution < -0.4 is 4.90 Å². The van der Waals surface area contributed by atoms with Crippen LogP contribution in [0.3, 0.4) is 0 Å². The molecule has 1 saturated heterocycles. The first-order valence-corrected chi connectivity index (χ1v) is 7.20. The number of benzene rings is 1. The maximum Gasteiger partial charge on any atom is 0.323 e. The number of hydrogen-bond donors (Lipinski definition) is 1. The number of carbonyl (C=O) groups is 3. The van der Waals surface area contributed by atoms with Crippen molar-refractivity contribution in [3.63, 3.8) is 0 Å². The largest absolute Gasteiger partial charge is 0.480 e. The zero-order valence-electron chi connectivity index (χ0n) is 11.5.